The Morgan fingerprint density at radius 1 is 1.23 bits per heavy atom. The van der Waals surface area contributed by atoms with Gasteiger partial charge < -0.3 is 10.1 Å². The maximum absolute atomic E-state index is 13.0. The highest BCUT2D eigenvalue weighted by atomic mass is 32.2. The summed E-state index contributed by atoms with van der Waals surface area (Å²) in [6, 6.07) is 15.5. The van der Waals surface area contributed by atoms with Gasteiger partial charge in [-0.05, 0) is 36.8 Å². The number of carbonyl (C=O) groups excluding carboxylic acids is 1. The summed E-state index contributed by atoms with van der Waals surface area (Å²) in [4.78, 5) is 12.3. The van der Waals surface area contributed by atoms with E-state index in [1.165, 1.54) is 23.9 Å². The van der Waals surface area contributed by atoms with Crippen molar-refractivity contribution in [2.75, 3.05) is 5.75 Å². The second-order valence-electron chi connectivity index (χ2n) is 6.53. The molecule has 0 saturated heterocycles. The number of carbonyl (C=O) groups is 1. The molecule has 0 fully saturated rings. The molecule has 0 aliphatic heterocycles. The Morgan fingerprint density at radius 2 is 1.97 bits per heavy atom. The van der Waals surface area contributed by atoms with Gasteiger partial charge in [0.2, 0.25) is 5.91 Å². The van der Waals surface area contributed by atoms with E-state index in [4.69, 9.17) is 4.74 Å². The smallest absolute Gasteiger partial charge is 0.230 e. The monoisotopic (exact) mass is 426 g/mol. The van der Waals surface area contributed by atoms with Gasteiger partial charge in [-0.1, -0.05) is 48.2 Å². The minimum atomic E-state index is -0.323. The Labute approximate surface area is 179 Å². The van der Waals surface area contributed by atoms with Crippen molar-refractivity contribution < 1.29 is 13.9 Å². The number of benzene rings is 2. The molecule has 156 valence electrons. The van der Waals surface area contributed by atoms with Crippen LogP contribution in [0.5, 0.6) is 5.75 Å². The van der Waals surface area contributed by atoms with Crippen LogP contribution >= 0.6 is 11.8 Å². The van der Waals surface area contributed by atoms with E-state index >= 15 is 0 Å². The number of aromatic nitrogens is 3. The predicted octanol–water partition coefficient (Wildman–Crippen LogP) is 4.15. The molecule has 6 nitrogen and oxygen atoms in total. The van der Waals surface area contributed by atoms with Crippen LogP contribution in [0.2, 0.25) is 0 Å². The SMILES string of the molecule is C=CCn1c(COc2ccc(F)cc2)nnc1SCC(=O)NC(C)c1ccccc1. The highest BCUT2D eigenvalue weighted by Crippen LogP contribution is 2.20. The molecular formula is C22H23FN4O2S. The summed E-state index contributed by atoms with van der Waals surface area (Å²) in [7, 11) is 0. The summed E-state index contributed by atoms with van der Waals surface area (Å²) in [5.41, 5.74) is 1.05. The molecule has 1 atom stereocenters. The van der Waals surface area contributed by atoms with E-state index in [1.807, 2.05) is 41.8 Å². The maximum atomic E-state index is 13.0. The summed E-state index contributed by atoms with van der Waals surface area (Å²) in [6.07, 6.45) is 1.73. The summed E-state index contributed by atoms with van der Waals surface area (Å²) < 4.78 is 20.5. The Kier molecular flexibility index (Phi) is 7.62. The molecule has 0 aliphatic carbocycles. The molecule has 2 aromatic carbocycles. The lowest BCUT2D eigenvalue weighted by atomic mass is 10.1. The number of hydrogen-bond donors (Lipinski definition) is 1. The van der Waals surface area contributed by atoms with E-state index in [2.05, 4.69) is 22.1 Å². The lowest BCUT2D eigenvalue weighted by Crippen LogP contribution is -2.28. The van der Waals surface area contributed by atoms with Gasteiger partial charge in [0, 0.05) is 6.54 Å². The van der Waals surface area contributed by atoms with E-state index in [0.29, 0.717) is 23.3 Å². The van der Waals surface area contributed by atoms with Crippen molar-refractivity contribution in [3.63, 3.8) is 0 Å². The second-order valence-corrected chi connectivity index (χ2v) is 7.47. The van der Waals surface area contributed by atoms with E-state index in [9.17, 15) is 9.18 Å². The first-order valence-electron chi connectivity index (χ1n) is 9.45. The van der Waals surface area contributed by atoms with Gasteiger partial charge in [-0.3, -0.25) is 9.36 Å². The molecule has 1 heterocycles. The van der Waals surface area contributed by atoms with Gasteiger partial charge in [-0.2, -0.15) is 0 Å². The number of halogens is 1. The summed E-state index contributed by atoms with van der Waals surface area (Å²) in [6.45, 7) is 6.37. The summed E-state index contributed by atoms with van der Waals surface area (Å²) in [5, 5.41) is 11.9. The van der Waals surface area contributed by atoms with Gasteiger partial charge in [-0.25, -0.2) is 4.39 Å². The van der Waals surface area contributed by atoms with Crippen LogP contribution in [-0.4, -0.2) is 26.4 Å². The molecule has 3 rings (SSSR count). The van der Waals surface area contributed by atoms with Gasteiger partial charge >= 0.3 is 0 Å². The second kappa shape index (κ2) is 10.6. The molecule has 1 N–H and O–H groups in total. The average molecular weight is 427 g/mol. The number of hydrogen-bond acceptors (Lipinski definition) is 5. The van der Waals surface area contributed by atoms with Gasteiger partial charge in [0.15, 0.2) is 11.0 Å². The maximum Gasteiger partial charge on any atom is 0.230 e. The van der Waals surface area contributed by atoms with Crippen LogP contribution in [0.25, 0.3) is 0 Å². The summed E-state index contributed by atoms with van der Waals surface area (Å²) >= 11 is 1.30. The zero-order valence-corrected chi connectivity index (χ0v) is 17.4. The standard InChI is InChI=1S/C22H23FN4O2S/c1-3-13-27-20(14-29-19-11-9-18(23)10-12-19)25-26-22(27)30-15-21(28)24-16(2)17-7-5-4-6-8-17/h3-12,16H,1,13-15H2,2H3,(H,24,28). The molecule has 3 aromatic rings. The first kappa shape index (κ1) is 21.6. The van der Waals surface area contributed by atoms with Crippen LogP contribution in [-0.2, 0) is 17.9 Å². The van der Waals surface area contributed by atoms with Crippen LogP contribution < -0.4 is 10.1 Å². The van der Waals surface area contributed by atoms with Crippen molar-refractivity contribution in [1.82, 2.24) is 20.1 Å². The van der Waals surface area contributed by atoms with Crippen molar-refractivity contribution in [3.8, 4) is 5.75 Å². The van der Waals surface area contributed by atoms with Crippen LogP contribution in [0.15, 0.2) is 72.4 Å². The van der Waals surface area contributed by atoms with E-state index in [0.717, 1.165) is 5.56 Å². The molecule has 0 aliphatic rings. The Hall–Kier alpha value is -3.13. The van der Waals surface area contributed by atoms with Gasteiger partial charge in [-0.15, -0.1) is 16.8 Å². The van der Waals surface area contributed by atoms with Crippen molar-refractivity contribution in [1.29, 1.82) is 0 Å². The first-order chi connectivity index (χ1) is 14.6. The lowest BCUT2D eigenvalue weighted by molar-refractivity contribution is -0.119. The topological polar surface area (TPSA) is 69.0 Å². The first-order valence-corrected chi connectivity index (χ1v) is 10.4. The van der Waals surface area contributed by atoms with Crippen LogP contribution in [0.4, 0.5) is 4.39 Å². The third-order valence-electron chi connectivity index (χ3n) is 4.30. The number of amides is 1. The number of nitrogens with zero attached hydrogens (tertiary/aromatic N) is 3. The third kappa shape index (κ3) is 5.93. The number of nitrogens with one attached hydrogen (secondary N) is 1. The Balaban J connectivity index is 1.58. The van der Waals surface area contributed by atoms with Crippen molar-refractivity contribution in [2.24, 2.45) is 0 Å². The molecule has 1 amide bonds. The van der Waals surface area contributed by atoms with Crippen LogP contribution in [0.1, 0.15) is 24.4 Å². The van der Waals surface area contributed by atoms with Gasteiger partial charge in [0.1, 0.15) is 18.2 Å². The Bertz CT molecular complexity index is 977. The fraction of sp³-hybridized carbons (Fsp3) is 0.227. The molecule has 1 unspecified atom stereocenters. The fourth-order valence-corrected chi connectivity index (χ4v) is 3.54. The summed E-state index contributed by atoms with van der Waals surface area (Å²) in [5.74, 6) is 0.933. The van der Waals surface area contributed by atoms with Gasteiger partial charge in [0.05, 0.1) is 11.8 Å². The lowest BCUT2D eigenvalue weighted by Gasteiger charge is -2.14. The van der Waals surface area contributed by atoms with Crippen LogP contribution in [0.3, 0.4) is 0 Å². The van der Waals surface area contributed by atoms with Crippen molar-refractivity contribution in [2.45, 2.75) is 31.3 Å². The molecule has 30 heavy (non-hydrogen) atoms. The quantitative estimate of drug-likeness (QED) is 0.390. The van der Waals surface area contributed by atoms with Crippen LogP contribution in [0, 0.1) is 5.82 Å². The number of allylic oxidation sites excluding steroid dienone is 1. The van der Waals surface area contributed by atoms with E-state index < -0.39 is 0 Å². The van der Waals surface area contributed by atoms with E-state index in [1.54, 1.807) is 18.2 Å². The molecular weight excluding hydrogens is 403 g/mol. The normalized spacial score (nSPS) is 11.7. The molecule has 8 heteroatoms. The number of thioether (sulfide) groups is 1. The van der Waals surface area contributed by atoms with Crippen molar-refractivity contribution in [3.05, 3.63) is 84.5 Å². The zero-order chi connectivity index (χ0) is 21.3. The minimum absolute atomic E-state index is 0.0787. The largest absolute Gasteiger partial charge is 0.486 e. The zero-order valence-electron chi connectivity index (χ0n) is 16.6. The number of rotatable bonds is 10. The molecule has 0 radical (unpaired) electrons. The van der Waals surface area contributed by atoms with Crippen molar-refractivity contribution >= 4 is 17.7 Å². The van der Waals surface area contributed by atoms with E-state index in [-0.39, 0.29) is 30.1 Å². The molecule has 0 saturated carbocycles. The molecule has 0 spiro atoms. The highest BCUT2D eigenvalue weighted by molar-refractivity contribution is 7.99. The fourth-order valence-electron chi connectivity index (χ4n) is 2.76. The molecule has 1 aromatic heterocycles. The highest BCUT2D eigenvalue weighted by Gasteiger charge is 2.15. The number of ether oxygens (including phenoxy) is 1. The predicted molar refractivity (Wildman–Crippen MR) is 115 cm³/mol. The Morgan fingerprint density at radius 3 is 2.67 bits per heavy atom. The minimum Gasteiger partial charge on any atom is -0.486 e. The van der Waals surface area contributed by atoms with Gasteiger partial charge in [0.25, 0.3) is 0 Å². The molecule has 0 bridgehead atoms. The third-order valence-corrected chi connectivity index (χ3v) is 5.26. The average Bonchev–Trinajstić information content (AvgIpc) is 3.14.